The molecule has 0 aliphatic heterocycles. The van der Waals surface area contributed by atoms with Crippen molar-refractivity contribution >= 4 is 21.7 Å². The number of ketones is 1. The Morgan fingerprint density at radius 3 is 3.00 bits per heavy atom. The minimum absolute atomic E-state index is 0.181. The number of carbonyl (C=O) groups excluding carboxylic acids is 1. The molecule has 0 radical (unpaired) electrons. The van der Waals surface area contributed by atoms with Crippen LogP contribution in [-0.2, 0) is 0 Å². The van der Waals surface area contributed by atoms with E-state index in [1.165, 1.54) is 0 Å². The quantitative estimate of drug-likeness (QED) is 0.706. The Kier molecular flexibility index (Phi) is 2.12. The Balaban J connectivity index is 2.52. The Morgan fingerprint density at radius 1 is 1.54 bits per heavy atom. The van der Waals surface area contributed by atoms with Crippen molar-refractivity contribution < 1.29 is 9.53 Å². The highest BCUT2D eigenvalue weighted by Gasteiger charge is 2.27. The lowest BCUT2D eigenvalue weighted by molar-refractivity contribution is 0.0994. The van der Waals surface area contributed by atoms with Crippen LogP contribution in [0.1, 0.15) is 27.2 Å². The molecule has 0 N–H and O–H groups in total. The van der Waals surface area contributed by atoms with Gasteiger partial charge in [0, 0.05) is 16.8 Å². The van der Waals surface area contributed by atoms with Gasteiger partial charge in [0.1, 0.15) is 5.75 Å². The summed E-state index contributed by atoms with van der Waals surface area (Å²) >= 11 is 3.46. The van der Waals surface area contributed by atoms with E-state index >= 15 is 0 Å². The minimum atomic E-state index is 0.181. The van der Waals surface area contributed by atoms with Crippen molar-refractivity contribution in [3.05, 3.63) is 29.3 Å². The SMILES string of the molecule is COc1ccc2c(c1)C(=O)CC2Br. The van der Waals surface area contributed by atoms with Gasteiger partial charge in [-0.25, -0.2) is 0 Å². The van der Waals surface area contributed by atoms with Gasteiger partial charge < -0.3 is 4.74 Å². The Bertz CT molecular complexity index is 360. The summed E-state index contributed by atoms with van der Waals surface area (Å²) in [7, 11) is 1.60. The Hall–Kier alpha value is -0.830. The fourth-order valence-corrected chi connectivity index (χ4v) is 2.25. The van der Waals surface area contributed by atoms with Crippen LogP contribution in [0.2, 0.25) is 0 Å². The summed E-state index contributed by atoms with van der Waals surface area (Å²) in [6.45, 7) is 0. The number of methoxy groups -OCH3 is 1. The molecule has 0 fully saturated rings. The zero-order valence-electron chi connectivity index (χ0n) is 7.21. The fraction of sp³-hybridized carbons (Fsp3) is 0.300. The van der Waals surface area contributed by atoms with Crippen LogP contribution in [-0.4, -0.2) is 12.9 Å². The summed E-state index contributed by atoms with van der Waals surface area (Å²) in [5.41, 5.74) is 1.87. The maximum atomic E-state index is 11.5. The van der Waals surface area contributed by atoms with Gasteiger partial charge in [-0.1, -0.05) is 22.0 Å². The molecule has 1 aromatic rings. The first-order chi connectivity index (χ1) is 6.22. The molecule has 1 aliphatic rings. The van der Waals surface area contributed by atoms with Crippen molar-refractivity contribution in [2.75, 3.05) is 7.11 Å². The lowest BCUT2D eigenvalue weighted by Crippen LogP contribution is -1.92. The summed E-state index contributed by atoms with van der Waals surface area (Å²) in [5.74, 6) is 0.935. The van der Waals surface area contributed by atoms with Crippen molar-refractivity contribution in [1.82, 2.24) is 0 Å². The molecule has 2 nitrogen and oxygen atoms in total. The third-order valence-corrected chi connectivity index (χ3v) is 3.08. The maximum Gasteiger partial charge on any atom is 0.164 e. The first-order valence-corrected chi connectivity index (χ1v) is 4.99. The van der Waals surface area contributed by atoms with Crippen LogP contribution < -0.4 is 4.74 Å². The fourth-order valence-electron chi connectivity index (χ4n) is 1.56. The molecule has 1 aromatic carbocycles. The predicted molar refractivity (Wildman–Crippen MR) is 53.6 cm³/mol. The van der Waals surface area contributed by atoms with Crippen LogP contribution in [0.5, 0.6) is 5.75 Å². The van der Waals surface area contributed by atoms with Gasteiger partial charge in [0.15, 0.2) is 5.78 Å². The highest BCUT2D eigenvalue weighted by Crippen LogP contribution is 2.38. The van der Waals surface area contributed by atoms with Crippen LogP contribution in [0.15, 0.2) is 18.2 Å². The standard InChI is InChI=1S/C10H9BrO2/c1-13-6-2-3-7-8(4-6)10(12)5-9(7)11/h2-4,9H,5H2,1H3. The molecule has 3 heteroatoms. The second-order valence-electron chi connectivity index (χ2n) is 3.05. The van der Waals surface area contributed by atoms with E-state index in [-0.39, 0.29) is 10.6 Å². The highest BCUT2D eigenvalue weighted by atomic mass is 79.9. The van der Waals surface area contributed by atoms with Gasteiger partial charge in [0.25, 0.3) is 0 Å². The lowest BCUT2D eigenvalue weighted by atomic mass is 10.1. The number of hydrogen-bond donors (Lipinski definition) is 0. The number of benzene rings is 1. The van der Waals surface area contributed by atoms with Crippen LogP contribution in [0.3, 0.4) is 0 Å². The minimum Gasteiger partial charge on any atom is -0.497 e. The summed E-state index contributed by atoms with van der Waals surface area (Å²) in [6, 6.07) is 5.63. The van der Waals surface area contributed by atoms with E-state index in [4.69, 9.17) is 4.74 Å². The van der Waals surface area contributed by atoms with Gasteiger partial charge in [0.2, 0.25) is 0 Å². The second-order valence-corrected chi connectivity index (χ2v) is 4.15. The average Bonchev–Trinajstić information content (AvgIpc) is 2.42. The number of ether oxygens (including phenoxy) is 1. The van der Waals surface area contributed by atoms with Crippen molar-refractivity contribution in [3.8, 4) is 5.75 Å². The van der Waals surface area contributed by atoms with Gasteiger partial charge in [-0.2, -0.15) is 0 Å². The van der Waals surface area contributed by atoms with E-state index in [1.807, 2.05) is 12.1 Å². The van der Waals surface area contributed by atoms with E-state index in [0.717, 1.165) is 16.9 Å². The van der Waals surface area contributed by atoms with Crippen molar-refractivity contribution in [3.63, 3.8) is 0 Å². The molecule has 0 aromatic heterocycles. The Labute approximate surface area is 85.0 Å². The largest absolute Gasteiger partial charge is 0.497 e. The third-order valence-electron chi connectivity index (χ3n) is 2.26. The molecule has 13 heavy (non-hydrogen) atoms. The zero-order chi connectivity index (χ0) is 9.42. The molecule has 1 atom stereocenters. The van der Waals surface area contributed by atoms with Gasteiger partial charge in [0.05, 0.1) is 7.11 Å². The average molecular weight is 241 g/mol. The third kappa shape index (κ3) is 1.37. The number of carbonyl (C=O) groups is 1. The molecular weight excluding hydrogens is 232 g/mol. The molecule has 1 unspecified atom stereocenters. The number of halogens is 1. The second kappa shape index (κ2) is 3.14. The maximum absolute atomic E-state index is 11.5. The van der Waals surface area contributed by atoms with E-state index in [0.29, 0.717) is 6.42 Å². The Morgan fingerprint density at radius 2 is 2.31 bits per heavy atom. The molecule has 0 saturated heterocycles. The van der Waals surface area contributed by atoms with Crippen molar-refractivity contribution in [2.24, 2.45) is 0 Å². The van der Waals surface area contributed by atoms with Crippen LogP contribution >= 0.6 is 15.9 Å². The number of Topliss-reactive ketones (excluding diaryl/α,β-unsaturated/α-hetero) is 1. The van der Waals surface area contributed by atoms with E-state index in [9.17, 15) is 4.79 Å². The van der Waals surface area contributed by atoms with Crippen LogP contribution in [0.4, 0.5) is 0 Å². The topological polar surface area (TPSA) is 26.3 Å². The summed E-state index contributed by atoms with van der Waals surface area (Å²) in [4.78, 5) is 11.6. The predicted octanol–water partition coefficient (Wildman–Crippen LogP) is 2.72. The van der Waals surface area contributed by atoms with Gasteiger partial charge in [-0.15, -0.1) is 0 Å². The smallest absolute Gasteiger partial charge is 0.164 e. The zero-order valence-corrected chi connectivity index (χ0v) is 8.80. The monoisotopic (exact) mass is 240 g/mol. The van der Waals surface area contributed by atoms with Gasteiger partial charge >= 0.3 is 0 Å². The number of alkyl halides is 1. The molecule has 68 valence electrons. The highest BCUT2D eigenvalue weighted by molar-refractivity contribution is 9.09. The number of rotatable bonds is 1. The summed E-state index contributed by atoms with van der Waals surface area (Å²) in [6.07, 6.45) is 0.558. The van der Waals surface area contributed by atoms with Gasteiger partial charge in [-0.05, 0) is 17.7 Å². The van der Waals surface area contributed by atoms with Crippen LogP contribution in [0.25, 0.3) is 0 Å². The van der Waals surface area contributed by atoms with Crippen molar-refractivity contribution in [2.45, 2.75) is 11.2 Å². The van der Waals surface area contributed by atoms with E-state index in [2.05, 4.69) is 15.9 Å². The lowest BCUT2D eigenvalue weighted by Gasteiger charge is -2.03. The molecule has 0 amide bonds. The molecule has 2 rings (SSSR count). The van der Waals surface area contributed by atoms with Crippen molar-refractivity contribution in [1.29, 1.82) is 0 Å². The number of hydrogen-bond acceptors (Lipinski definition) is 2. The first kappa shape index (κ1) is 8.75. The summed E-state index contributed by atoms with van der Waals surface area (Å²) < 4.78 is 5.06. The number of fused-ring (bicyclic) bond motifs is 1. The first-order valence-electron chi connectivity index (χ1n) is 4.07. The molecule has 0 saturated carbocycles. The molecule has 1 aliphatic carbocycles. The van der Waals surface area contributed by atoms with E-state index < -0.39 is 0 Å². The molecule has 0 heterocycles. The molecule has 0 spiro atoms. The molecule has 0 bridgehead atoms. The van der Waals surface area contributed by atoms with Gasteiger partial charge in [-0.3, -0.25) is 4.79 Å². The normalized spacial score (nSPS) is 20.2. The van der Waals surface area contributed by atoms with Crippen LogP contribution in [0, 0.1) is 0 Å². The molecular formula is C10H9BrO2. The summed E-state index contributed by atoms with van der Waals surface area (Å²) in [5, 5.41) is 0. The van der Waals surface area contributed by atoms with E-state index in [1.54, 1.807) is 13.2 Å².